The van der Waals surface area contributed by atoms with Gasteiger partial charge in [-0.25, -0.2) is 23.8 Å². The summed E-state index contributed by atoms with van der Waals surface area (Å²) in [6.07, 6.45) is 1.32. The zero-order valence-electron chi connectivity index (χ0n) is 23.6. The number of morpholine rings is 1. The van der Waals surface area contributed by atoms with Crippen LogP contribution in [0.15, 0.2) is 70.1 Å². The molecule has 10 nitrogen and oxygen atoms in total. The Morgan fingerprint density at radius 3 is 2.64 bits per heavy atom. The molecule has 1 saturated heterocycles. The van der Waals surface area contributed by atoms with Gasteiger partial charge < -0.3 is 20.0 Å². The number of thiophene rings is 1. The predicted molar refractivity (Wildman–Crippen MR) is 170 cm³/mol. The Balaban J connectivity index is 0.00000343. The summed E-state index contributed by atoms with van der Waals surface area (Å²) in [5.41, 5.74) is 7.58. The number of phenolic OH excluding ortho intramolecular Hbond substituents is 1. The van der Waals surface area contributed by atoms with Crippen LogP contribution in [-0.2, 0) is 11.3 Å². The number of nitrogens with two attached hydrogens (primary N) is 1. The highest BCUT2D eigenvalue weighted by atomic mass is 35.5. The summed E-state index contributed by atoms with van der Waals surface area (Å²) in [7, 11) is 0. The first kappa shape index (κ1) is 29.7. The van der Waals surface area contributed by atoms with E-state index in [4.69, 9.17) is 20.0 Å². The van der Waals surface area contributed by atoms with E-state index in [0.717, 1.165) is 54.7 Å². The monoisotopic (exact) mass is 634 g/mol. The SMILES string of the molecule is CC(c1oc(=O)c2ccccc2c1-c1ccc(CN2CCOCC2)s1)n1nc(-c2cc(O)cc(F)c2)c2c(N)ncnc21.Cl. The minimum absolute atomic E-state index is 0. The molecule has 1 aliphatic heterocycles. The lowest BCUT2D eigenvalue weighted by Gasteiger charge is -2.25. The third kappa shape index (κ3) is 5.30. The molecule has 6 aromatic rings. The van der Waals surface area contributed by atoms with Crippen molar-refractivity contribution in [3.8, 4) is 27.4 Å². The zero-order valence-corrected chi connectivity index (χ0v) is 25.2. The number of halogens is 2. The van der Waals surface area contributed by atoms with Crippen LogP contribution < -0.4 is 11.4 Å². The second-order valence-electron chi connectivity index (χ2n) is 10.5. The van der Waals surface area contributed by atoms with E-state index in [1.807, 2.05) is 25.1 Å². The third-order valence-corrected chi connectivity index (χ3v) is 8.76. The van der Waals surface area contributed by atoms with Gasteiger partial charge in [-0.1, -0.05) is 18.2 Å². The summed E-state index contributed by atoms with van der Waals surface area (Å²) >= 11 is 1.65. The number of hydrogen-bond donors (Lipinski definition) is 2. The lowest BCUT2D eigenvalue weighted by Crippen LogP contribution is -2.35. The van der Waals surface area contributed by atoms with Crippen LogP contribution in [0.5, 0.6) is 5.75 Å². The number of fused-ring (bicyclic) bond motifs is 2. The molecule has 0 saturated carbocycles. The molecule has 0 bridgehead atoms. The fraction of sp³-hybridized carbons (Fsp3) is 0.226. The number of aromatic hydroxyl groups is 1. The van der Waals surface area contributed by atoms with E-state index in [-0.39, 0.29) is 24.0 Å². The number of aromatic nitrogens is 4. The van der Waals surface area contributed by atoms with Gasteiger partial charge in [0.25, 0.3) is 0 Å². The maximum absolute atomic E-state index is 14.3. The lowest BCUT2D eigenvalue weighted by molar-refractivity contribution is 0.0346. The van der Waals surface area contributed by atoms with E-state index in [1.165, 1.54) is 23.3 Å². The number of hydrogen-bond acceptors (Lipinski definition) is 10. The molecule has 1 unspecified atom stereocenters. The van der Waals surface area contributed by atoms with E-state index >= 15 is 0 Å². The molecule has 13 heteroatoms. The molecule has 4 aromatic heterocycles. The molecule has 0 aliphatic carbocycles. The Labute approximate surface area is 260 Å². The molecule has 7 rings (SSSR count). The minimum Gasteiger partial charge on any atom is -0.508 e. The molecule has 3 N–H and O–H groups in total. The van der Waals surface area contributed by atoms with Gasteiger partial charge in [0.1, 0.15) is 41.2 Å². The molecular formula is C31H28ClFN6O4S. The van der Waals surface area contributed by atoms with Crippen LogP contribution >= 0.6 is 23.7 Å². The number of nitrogens with zero attached hydrogens (tertiary/aromatic N) is 5. The quantitative estimate of drug-likeness (QED) is 0.240. The largest absolute Gasteiger partial charge is 0.508 e. The summed E-state index contributed by atoms with van der Waals surface area (Å²) in [5.74, 6) is -0.337. The zero-order chi connectivity index (χ0) is 29.7. The summed E-state index contributed by atoms with van der Waals surface area (Å²) in [5, 5.41) is 16.5. The van der Waals surface area contributed by atoms with Crippen molar-refractivity contribution < 1.29 is 18.7 Å². The van der Waals surface area contributed by atoms with Crippen LogP contribution in [0.3, 0.4) is 0 Å². The highest BCUT2D eigenvalue weighted by Gasteiger charge is 2.27. The Bertz CT molecular complexity index is 2030. The van der Waals surface area contributed by atoms with Gasteiger partial charge in [0.05, 0.1) is 24.0 Å². The van der Waals surface area contributed by atoms with Crippen molar-refractivity contribution in [3.63, 3.8) is 0 Å². The molecule has 0 amide bonds. The van der Waals surface area contributed by atoms with Crippen LogP contribution in [-0.4, -0.2) is 56.1 Å². The van der Waals surface area contributed by atoms with Gasteiger partial charge in [0.2, 0.25) is 0 Å². The normalized spacial score (nSPS) is 14.6. The molecule has 1 aliphatic rings. The first-order valence-electron chi connectivity index (χ1n) is 13.8. The van der Waals surface area contributed by atoms with Crippen molar-refractivity contribution in [2.45, 2.75) is 19.5 Å². The minimum atomic E-state index is -0.634. The van der Waals surface area contributed by atoms with Crippen molar-refractivity contribution in [1.29, 1.82) is 0 Å². The second kappa shape index (κ2) is 12.0. The van der Waals surface area contributed by atoms with Gasteiger partial charge >= 0.3 is 5.63 Å². The summed E-state index contributed by atoms with van der Waals surface area (Å²) in [6.45, 7) is 5.85. The number of nitrogen functional groups attached to an aromatic ring is 1. The topological polar surface area (TPSA) is 133 Å². The maximum Gasteiger partial charge on any atom is 0.343 e. The molecule has 2 aromatic carbocycles. The Hall–Kier alpha value is -4.36. The van der Waals surface area contributed by atoms with Crippen LogP contribution in [0.2, 0.25) is 0 Å². The van der Waals surface area contributed by atoms with Crippen molar-refractivity contribution in [3.05, 3.63) is 87.8 Å². The van der Waals surface area contributed by atoms with E-state index < -0.39 is 17.5 Å². The molecule has 226 valence electrons. The number of rotatable bonds is 6. The molecule has 0 spiro atoms. The van der Waals surface area contributed by atoms with Crippen LogP contribution in [0.1, 0.15) is 23.6 Å². The van der Waals surface area contributed by atoms with E-state index in [2.05, 4.69) is 27.0 Å². The van der Waals surface area contributed by atoms with E-state index in [1.54, 1.807) is 22.1 Å². The van der Waals surface area contributed by atoms with Crippen LogP contribution in [0, 0.1) is 5.82 Å². The fourth-order valence-electron chi connectivity index (χ4n) is 5.63. The smallest absolute Gasteiger partial charge is 0.343 e. The molecular weight excluding hydrogens is 607 g/mol. The number of phenols is 1. The average Bonchev–Trinajstić information content (AvgIpc) is 3.62. The first-order valence-corrected chi connectivity index (χ1v) is 14.6. The van der Waals surface area contributed by atoms with Gasteiger partial charge in [0.15, 0.2) is 5.65 Å². The van der Waals surface area contributed by atoms with Gasteiger partial charge in [-0.3, -0.25) is 4.90 Å². The highest BCUT2D eigenvalue weighted by molar-refractivity contribution is 7.15. The lowest BCUT2D eigenvalue weighted by atomic mass is 10.0. The average molecular weight is 635 g/mol. The van der Waals surface area contributed by atoms with Crippen LogP contribution in [0.4, 0.5) is 10.2 Å². The van der Waals surface area contributed by atoms with E-state index in [0.29, 0.717) is 33.4 Å². The standard InChI is InChI=1S/C31H27FN6O4S.ClH/c1-17(38-30-26(29(33)34-16-35-30)27(36-38)18-12-19(32)14-20(39)13-18)28-25(22-4-2-3-5-23(22)31(40)42-28)24-7-6-21(43-24)15-37-8-10-41-11-9-37;/h2-7,12-14,16-17,39H,8-11,15H2,1H3,(H2,33,34,35);1H. The van der Waals surface area contributed by atoms with Crippen molar-refractivity contribution in [1.82, 2.24) is 24.6 Å². The molecule has 1 atom stereocenters. The van der Waals surface area contributed by atoms with Gasteiger partial charge in [-0.15, -0.1) is 23.7 Å². The van der Waals surface area contributed by atoms with Crippen molar-refractivity contribution in [2.75, 3.05) is 32.0 Å². The number of anilines is 1. The summed E-state index contributed by atoms with van der Waals surface area (Å²) in [4.78, 5) is 26.4. The highest BCUT2D eigenvalue weighted by Crippen LogP contribution is 2.41. The van der Waals surface area contributed by atoms with Gasteiger partial charge in [-0.2, -0.15) is 5.10 Å². The maximum atomic E-state index is 14.3. The summed E-state index contributed by atoms with van der Waals surface area (Å²) in [6, 6.07) is 14.6. The molecule has 0 radical (unpaired) electrons. The van der Waals surface area contributed by atoms with Crippen molar-refractivity contribution >= 4 is 51.4 Å². The number of benzene rings is 2. The Kier molecular flexibility index (Phi) is 8.08. The second-order valence-corrected chi connectivity index (χ2v) is 11.6. The first-order chi connectivity index (χ1) is 20.9. The fourth-order valence-corrected chi connectivity index (χ4v) is 6.75. The predicted octanol–water partition coefficient (Wildman–Crippen LogP) is 5.62. The van der Waals surface area contributed by atoms with Crippen molar-refractivity contribution in [2.24, 2.45) is 0 Å². The van der Waals surface area contributed by atoms with Gasteiger partial charge in [-0.05, 0) is 37.3 Å². The third-order valence-electron chi connectivity index (χ3n) is 7.68. The molecule has 1 fully saturated rings. The molecule has 5 heterocycles. The Morgan fingerprint density at radius 2 is 1.86 bits per heavy atom. The van der Waals surface area contributed by atoms with Crippen LogP contribution in [0.25, 0.3) is 43.5 Å². The van der Waals surface area contributed by atoms with Gasteiger partial charge in [0, 0.05) is 52.0 Å². The van der Waals surface area contributed by atoms with E-state index in [9.17, 15) is 14.3 Å². The molecule has 44 heavy (non-hydrogen) atoms. The number of ether oxygens (including phenoxy) is 1. The summed E-state index contributed by atoms with van der Waals surface area (Å²) < 4.78 is 27.5. The Morgan fingerprint density at radius 1 is 1.09 bits per heavy atom.